The molecule has 0 saturated heterocycles. The maximum absolute atomic E-state index is 13.3. The molecule has 2 aromatic carbocycles. The molecule has 1 aromatic heterocycles. The molecule has 3 rings (SSSR count). The van der Waals surface area contributed by atoms with Crippen molar-refractivity contribution in [2.45, 2.75) is 6.92 Å². The lowest BCUT2D eigenvalue weighted by Crippen LogP contribution is -2.29. The van der Waals surface area contributed by atoms with Crippen molar-refractivity contribution in [3.05, 3.63) is 59.5 Å². The maximum atomic E-state index is 13.3. The average molecular weight is 336 g/mol. The van der Waals surface area contributed by atoms with E-state index in [4.69, 9.17) is 5.26 Å². The number of carbonyl (C=O) groups excluding carboxylic acids is 2. The van der Waals surface area contributed by atoms with E-state index in [-0.39, 0.29) is 11.3 Å². The number of carbonyl (C=O) groups is 2. The molecule has 25 heavy (non-hydrogen) atoms. The van der Waals surface area contributed by atoms with Crippen molar-refractivity contribution in [3.63, 3.8) is 0 Å². The molecule has 0 unspecified atom stereocenters. The minimum absolute atomic E-state index is 0.162. The molecule has 124 valence electrons. The molecule has 1 heterocycles. The van der Waals surface area contributed by atoms with Gasteiger partial charge in [0.1, 0.15) is 11.9 Å². The number of nitriles is 1. The highest BCUT2D eigenvalue weighted by molar-refractivity contribution is 6.43. The summed E-state index contributed by atoms with van der Waals surface area (Å²) in [6, 6.07) is 12.3. The summed E-state index contributed by atoms with van der Waals surface area (Å²) in [5, 5.41) is 14.5. The van der Waals surface area contributed by atoms with E-state index in [9.17, 15) is 14.0 Å². The van der Waals surface area contributed by atoms with E-state index in [0.29, 0.717) is 5.69 Å². The number of fused-ring (bicyclic) bond motifs is 1. The minimum atomic E-state index is -0.916. The van der Waals surface area contributed by atoms with E-state index >= 15 is 0 Å². The Kier molecular flexibility index (Phi) is 4.18. The second-order valence-corrected chi connectivity index (χ2v) is 5.47. The molecule has 0 fully saturated rings. The first-order valence-corrected chi connectivity index (χ1v) is 7.37. The molecule has 0 radical (unpaired) electrons. The number of anilines is 2. The van der Waals surface area contributed by atoms with Gasteiger partial charge in [-0.2, -0.15) is 5.26 Å². The Labute approximate surface area is 142 Å². The van der Waals surface area contributed by atoms with Crippen LogP contribution in [-0.2, 0) is 9.59 Å². The molecule has 0 saturated carbocycles. The molecule has 0 spiro atoms. The van der Waals surface area contributed by atoms with Gasteiger partial charge in [0, 0.05) is 28.0 Å². The molecule has 0 bridgehead atoms. The standard InChI is InChI=1S/C18H13FN4O2/c1-10-6-11-7-14(3-5-16(11)21-10)23-18(25)17(24)22-13-2-4-15(19)12(8-13)9-20/h2-8,21H,1H3,(H,22,24)(H,23,25). The van der Waals surface area contributed by atoms with Crippen LogP contribution >= 0.6 is 0 Å². The number of aryl methyl sites for hydroxylation is 1. The molecule has 0 aliphatic carbocycles. The van der Waals surface area contributed by atoms with Gasteiger partial charge >= 0.3 is 11.8 Å². The van der Waals surface area contributed by atoms with Gasteiger partial charge in [-0.1, -0.05) is 0 Å². The van der Waals surface area contributed by atoms with E-state index < -0.39 is 17.6 Å². The van der Waals surface area contributed by atoms with E-state index in [2.05, 4.69) is 15.6 Å². The normalized spacial score (nSPS) is 10.3. The lowest BCUT2D eigenvalue weighted by Gasteiger charge is -2.07. The van der Waals surface area contributed by atoms with Crippen LogP contribution in [0.25, 0.3) is 10.9 Å². The number of aromatic nitrogens is 1. The van der Waals surface area contributed by atoms with Crippen LogP contribution in [0.2, 0.25) is 0 Å². The Morgan fingerprint density at radius 1 is 1.04 bits per heavy atom. The van der Waals surface area contributed by atoms with Gasteiger partial charge in [0.05, 0.1) is 5.56 Å². The second-order valence-electron chi connectivity index (χ2n) is 5.47. The summed E-state index contributed by atoms with van der Waals surface area (Å²) in [6.07, 6.45) is 0. The summed E-state index contributed by atoms with van der Waals surface area (Å²) < 4.78 is 13.3. The van der Waals surface area contributed by atoms with E-state index in [1.807, 2.05) is 13.0 Å². The largest absolute Gasteiger partial charge is 0.359 e. The monoisotopic (exact) mass is 336 g/mol. The lowest BCUT2D eigenvalue weighted by atomic mass is 10.2. The van der Waals surface area contributed by atoms with Gasteiger partial charge < -0.3 is 15.6 Å². The van der Waals surface area contributed by atoms with Gasteiger partial charge in [-0.15, -0.1) is 0 Å². The van der Waals surface area contributed by atoms with Crippen LogP contribution in [0.3, 0.4) is 0 Å². The summed E-state index contributed by atoms with van der Waals surface area (Å²) in [5.41, 5.74) is 2.33. The van der Waals surface area contributed by atoms with E-state index in [0.717, 1.165) is 28.7 Å². The van der Waals surface area contributed by atoms with Crippen LogP contribution in [0.4, 0.5) is 15.8 Å². The van der Waals surface area contributed by atoms with Gasteiger partial charge in [-0.25, -0.2) is 4.39 Å². The molecular weight excluding hydrogens is 323 g/mol. The third-order valence-corrected chi connectivity index (χ3v) is 3.56. The number of rotatable bonds is 2. The van der Waals surface area contributed by atoms with Crippen molar-refractivity contribution in [3.8, 4) is 6.07 Å². The molecule has 3 N–H and O–H groups in total. The molecule has 6 nitrogen and oxygen atoms in total. The summed E-state index contributed by atoms with van der Waals surface area (Å²) in [6.45, 7) is 1.92. The minimum Gasteiger partial charge on any atom is -0.359 e. The fourth-order valence-corrected chi connectivity index (χ4v) is 2.42. The topological polar surface area (TPSA) is 97.8 Å². The van der Waals surface area contributed by atoms with Crippen LogP contribution in [0.1, 0.15) is 11.3 Å². The molecule has 2 amide bonds. The van der Waals surface area contributed by atoms with Gasteiger partial charge in [-0.3, -0.25) is 9.59 Å². The van der Waals surface area contributed by atoms with Crippen molar-refractivity contribution in [2.24, 2.45) is 0 Å². The SMILES string of the molecule is Cc1cc2cc(NC(=O)C(=O)Nc3ccc(F)c(C#N)c3)ccc2[nH]1. The van der Waals surface area contributed by atoms with Crippen LogP contribution < -0.4 is 10.6 Å². The fourth-order valence-electron chi connectivity index (χ4n) is 2.42. The van der Waals surface area contributed by atoms with Crippen LogP contribution in [-0.4, -0.2) is 16.8 Å². The van der Waals surface area contributed by atoms with Crippen LogP contribution in [0, 0.1) is 24.1 Å². The zero-order chi connectivity index (χ0) is 18.0. The average Bonchev–Trinajstić information content (AvgIpc) is 2.95. The molecule has 0 aliphatic rings. The Bertz CT molecular complexity index is 1030. The predicted molar refractivity (Wildman–Crippen MR) is 91.4 cm³/mol. The molecule has 3 aromatic rings. The summed E-state index contributed by atoms with van der Waals surface area (Å²) in [5.74, 6) is -2.48. The first-order chi connectivity index (χ1) is 12.0. The Hall–Kier alpha value is -3.66. The van der Waals surface area contributed by atoms with Crippen molar-refractivity contribution in [1.82, 2.24) is 4.98 Å². The number of amides is 2. The van der Waals surface area contributed by atoms with Gasteiger partial charge in [-0.05, 0) is 49.4 Å². The number of halogens is 1. The molecule has 0 aliphatic heterocycles. The van der Waals surface area contributed by atoms with Crippen molar-refractivity contribution in [2.75, 3.05) is 10.6 Å². The van der Waals surface area contributed by atoms with Gasteiger partial charge in [0.15, 0.2) is 0 Å². The first kappa shape index (κ1) is 16.2. The number of hydrogen-bond acceptors (Lipinski definition) is 3. The Morgan fingerprint density at radius 2 is 1.68 bits per heavy atom. The highest BCUT2D eigenvalue weighted by Crippen LogP contribution is 2.20. The highest BCUT2D eigenvalue weighted by Gasteiger charge is 2.15. The van der Waals surface area contributed by atoms with E-state index in [1.54, 1.807) is 24.3 Å². The summed E-state index contributed by atoms with van der Waals surface area (Å²) >= 11 is 0. The fraction of sp³-hybridized carbons (Fsp3) is 0.0556. The van der Waals surface area contributed by atoms with Crippen molar-refractivity contribution < 1.29 is 14.0 Å². The first-order valence-electron chi connectivity index (χ1n) is 7.37. The predicted octanol–water partition coefficient (Wildman–Crippen LogP) is 3.06. The quantitative estimate of drug-likeness (QED) is 0.627. The van der Waals surface area contributed by atoms with Crippen molar-refractivity contribution in [1.29, 1.82) is 5.26 Å². The van der Waals surface area contributed by atoms with Gasteiger partial charge in [0.2, 0.25) is 0 Å². The maximum Gasteiger partial charge on any atom is 0.314 e. The summed E-state index contributed by atoms with van der Waals surface area (Å²) in [4.78, 5) is 27.1. The smallest absolute Gasteiger partial charge is 0.314 e. The highest BCUT2D eigenvalue weighted by atomic mass is 19.1. The molecule has 0 atom stereocenters. The Balaban J connectivity index is 1.71. The second kappa shape index (κ2) is 6.45. The number of benzene rings is 2. The molecule has 7 heteroatoms. The lowest BCUT2D eigenvalue weighted by molar-refractivity contribution is -0.132. The zero-order valence-corrected chi connectivity index (χ0v) is 13.2. The number of H-pyrrole nitrogens is 1. The van der Waals surface area contributed by atoms with Crippen molar-refractivity contribution >= 4 is 34.1 Å². The third kappa shape index (κ3) is 3.48. The van der Waals surface area contributed by atoms with Crippen LogP contribution in [0.5, 0.6) is 0 Å². The number of nitrogens with zero attached hydrogens (tertiary/aromatic N) is 1. The number of nitrogens with one attached hydrogen (secondary N) is 3. The number of aromatic amines is 1. The number of hydrogen-bond donors (Lipinski definition) is 3. The van der Waals surface area contributed by atoms with Crippen LogP contribution in [0.15, 0.2) is 42.5 Å². The zero-order valence-electron chi connectivity index (χ0n) is 13.2. The Morgan fingerprint density at radius 3 is 2.36 bits per heavy atom. The third-order valence-electron chi connectivity index (χ3n) is 3.56. The van der Waals surface area contributed by atoms with E-state index in [1.165, 1.54) is 6.07 Å². The van der Waals surface area contributed by atoms with Gasteiger partial charge in [0.25, 0.3) is 0 Å². The summed E-state index contributed by atoms with van der Waals surface area (Å²) in [7, 11) is 0. The molecular formula is C18H13FN4O2.